The number of aromatic nitrogens is 1. The van der Waals surface area contributed by atoms with Crippen LogP contribution >= 0.6 is 0 Å². The maximum Gasteiger partial charge on any atom is 0.422 e. The van der Waals surface area contributed by atoms with Crippen molar-refractivity contribution < 1.29 is 27.4 Å². The number of hydrogen-bond acceptors (Lipinski definition) is 4. The minimum absolute atomic E-state index is 0.0280. The Labute approximate surface area is 119 Å². The largest absolute Gasteiger partial charge is 0.467 e. The zero-order valence-electron chi connectivity index (χ0n) is 11.2. The zero-order valence-corrected chi connectivity index (χ0v) is 11.2. The molecule has 1 saturated heterocycles. The third kappa shape index (κ3) is 4.89. The van der Waals surface area contributed by atoms with E-state index in [0.717, 1.165) is 12.8 Å². The maximum absolute atomic E-state index is 12.2. The van der Waals surface area contributed by atoms with Gasteiger partial charge in [-0.05, 0) is 25.0 Å². The quantitative estimate of drug-likeness (QED) is 0.903. The van der Waals surface area contributed by atoms with Crippen LogP contribution in [0.3, 0.4) is 0 Å². The number of carbonyl (C=O) groups excluding carboxylic acids is 1. The highest BCUT2D eigenvalue weighted by atomic mass is 19.4. The number of halogens is 3. The van der Waals surface area contributed by atoms with E-state index in [1.54, 1.807) is 0 Å². The first kappa shape index (κ1) is 15.6. The number of hydrogen-bond donors (Lipinski definition) is 1. The second kappa shape index (κ2) is 6.75. The number of nitrogens with one attached hydrogen (secondary N) is 1. The maximum atomic E-state index is 12.2. The van der Waals surface area contributed by atoms with E-state index in [9.17, 15) is 18.0 Å². The molecule has 0 aliphatic carbocycles. The van der Waals surface area contributed by atoms with Gasteiger partial charge in [-0.25, -0.2) is 4.98 Å². The van der Waals surface area contributed by atoms with E-state index in [4.69, 9.17) is 4.74 Å². The summed E-state index contributed by atoms with van der Waals surface area (Å²) >= 11 is 0. The molecule has 1 aliphatic heterocycles. The summed E-state index contributed by atoms with van der Waals surface area (Å²) in [5.74, 6) is -0.865. The number of amides is 1. The molecule has 5 nitrogen and oxygen atoms in total. The van der Waals surface area contributed by atoms with Crippen LogP contribution in [-0.2, 0) is 4.74 Å². The highest BCUT2D eigenvalue weighted by molar-refractivity contribution is 5.96. The predicted molar refractivity (Wildman–Crippen MR) is 67.1 cm³/mol. The summed E-state index contributed by atoms with van der Waals surface area (Å²) in [4.78, 5) is 15.6. The Morgan fingerprint density at radius 1 is 1.52 bits per heavy atom. The molecular formula is C13H15F3N2O3. The lowest BCUT2D eigenvalue weighted by Gasteiger charge is -2.13. The molecule has 0 unspecified atom stereocenters. The number of alkyl halides is 3. The first-order valence-corrected chi connectivity index (χ1v) is 6.50. The molecule has 8 heteroatoms. The second-order valence-corrected chi connectivity index (χ2v) is 4.61. The average molecular weight is 304 g/mol. The van der Waals surface area contributed by atoms with Gasteiger partial charge in [-0.1, -0.05) is 0 Å². The Morgan fingerprint density at radius 3 is 3.00 bits per heavy atom. The van der Waals surface area contributed by atoms with Crippen LogP contribution in [0.2, 0.25) is 0 Å². The summed E-state index contributed by atoms with van der Waals surface area (Å²) in [6.45, 7) is -0.518. The first-order valence-electron chi connectivity index (χ1n) is 6.50. The molecule has 116 valence electrons. The molecule has 2 heterocycles. The Morgan fingerprint density at radius 2 is 2.33 bits per heavy atom. The standard InChI is InChI=1S/C13H15F3N2O3/c14-13(15,16)8-21-12-10(4-1-5-17-12)11(19)18-7-9-3-2-6-20-9/h1,4-5,9H,2-3,6-8H2,(H,18,19)/t9-/m0/s1. The molecule has 1 fully saturated rings. The molecule has 1 aromatic heterocycles. The average Bonchev–Trinajstić information content (AvgIpc) is 2.95. The van der Waals surface area contributed by atoms with Crippen molar-refractivity contribution in [2.24, 2.45) is 0 Å². The van der Waals surface area contributed by atoms with E-state index in [-0.39, 0.29) is 17.5 Å². The van der Waals surface area contributed by atoms with Gasteiger partial charge in [0.05, 0.1) is 6.10 Å². The van der Waals surface area contributed by atoms with Crippen LogP contribution in [0.1, 0.15) is 23.2 Å². The van der Waals surface area contributed by atoms with Gasteiger partial charge in [0.25, 0.3) is 5.91 Å². The van der Waals surface area contributed by atoms with Crippen LogP contribution in [0.25, 0.3) is 0 Å². The molecule has 0 aromatic carbocycles. The van der Waals surface area contributed by atoms with Crippen LogP contribution in [0.15, 0.2) is 18.3 Å². The molecule has 1 aromatic rings. The molecule has 1 amide bonds. The van der Waals surface area contributed by atoms with Gasteiger partial charge in [-0.3, -0.25) is 4.79 Å². The number of ether oxygens (including phenoxy) is 2. The fraction of sp³-hybridized carbons (Fsp3) is 0.538. The molecule has 0 spiro atoms. The van der Waals surface area contributed by atoms with E-state index >= 15 is 0 Å². The van der Waals surface area contributed by atoms with Crippen LogP contribution < -0.4 is 10.1 Å². The van der Waals surface area contributed by atoms with Gasteiger partial charge in [0.1, 0.15) is 5.56 Å². The number of nitrogens with zero attached hydrogens (tertiary/aromatic N) is 1. The summed E-state index contributed by atoms with van der Waals surface area (Å²) in [5.41, 5.74) is -0.0280. The molecule has 2 rings (SSSR count). The molecule has 1 aliphatic rings. The lowest BCUT2D eigenvalue weighted by molar-refractivity contribution is -0.154. The Balaban J connectivity index is 1.95. The van der Waals surface area contributed by atoms with Crippen LogP contribution in [0.4, 0.5) is 13.2 Å². The third-order valence-electron chi connectivity index (χ3n) is 2.90. The van der Waals surface area contributed by atoms with Crippen LogP contribution in [0.5, 0.6) is 5.88 Å². The molecular weight excluding hydrogens is 289 g/mol. The molecule has 0 bridgehead atoms. The number of carbonyl (C=O) groups is 1. The summed E-state index contributed by atoms with van der Waals surface area (Å²) in [6.07, 6.45) is -1.48. The van der Waals surface area contributed by atoms with E-state index in [2.05, 4.69) is 15.0 Å². The van der Waals surface area contributed by atoms with Crippen molar-refractivity contribution in [3.8, 4) is 5.88 Å². The highest BCUT2D eigenvalue weighted by Gasteiger charge is 2.29. The summed E-state index contributed by atoms with van der Waals surface area (Å²) in [5, 5.41) is 2.61. The third-order valence-corrected chi connectivity index (χ3v) is 2.90. The Hall–Kier alpha value is -1.83. The number of pyridine rings is 1. The highest BCUT2D eigenvalue weighted by Crippen LogP contribution is 2.20. The lowest BCUT2D eigenvalue weighted by atomic mass is 10.2. The van der Waals surface area contributed by atoms with Crippen LogP contribution in [0, 0.1) is 0 Å². The van der Waals surface area contributed by atoms with Crippen molar-refractivity contribution in [1.82, 2.24) is 10.3 Å². The Bertz CT molecular complexity index is 488. The van der Waals surface area contributed by atoms with Gasteiger partial charge >= 0.3 is 6.18 Å². The monoisotopic (exact) mass is 304 g/mol. The smallest absolute Gasteiger partial charge is 0.422 e. The van der Waals surface area contributed by atoms with E-state index < -0.39 is 18.7 Å². The van der Waals surface area contributed by atoms with Gasteiger partial charge in [0, 0.05) is 19.3 Å². The second-order valence-electron chi connectivity index (χ2n) is 4.61. The minimum atomic E-state index is -4.48. The molecule has 1 N–H and O–H groups in total. The molecule has 1 atom stereocenters. The normalized spacial score (nSPS) is 18.5. The number of rotatable bonds is 5. The SMILES string of the molecule is O=C(NC[C@@H]1CCCO1)c1cccnc1OCC(F)(F)F. The zero-order chi connectivity index (χ0) is 15.3. The van der Waals surface area contributed by atoms with Gasteiger partial charge in [0.2, 0.25) is 5.88 Å². The summed E-state index contributed by atoms with van der Waals surface area (Å²) in [6, 6.07) is 2.82. The molecule has 21 heavy (non-hydrogen) atoms. The summed E-state index contributed by atoms with van der Waals surface area (Å²) in [7, 11) is 0. The van der Waals surface area contributed by atoms with Gasteiger partial charge in [0.15, 0.2) is 6.61 Å². The lowest BCUT2D eigenvalue weighted by Crippen LogP contribution is -2.32. The fourth-order valence-electron chi connectivity index (χ4n) is 1.94. The van der Waals surface area contributed by atoms with E-state index in [1.807, 2.05) is 0 Å². The van der Waals surface area contributed by atoms with Crippen molar-refractivity contribution in [2.45, 2.75) is 25.1 Å². The first-order chi connectivity index (χ1) is 9.96. The topological polar surface area (TPSA) is 60.5 Å². The van der Waals surface area contributed by atoms with E-state index in [0.29, 0.717) is 13.2 Å². The van der Waals surface area contributed by atoms with Crippen molar-refractivity contribution >= 4 is 5.91 Å². The van der Waals surface area contributed by atoms with Crippen LogP contribution in [-0.4, -0.2) is 42.9 Å². The predicted octanol–water partition coefficient (Wildman–Crippen LogP) is 1.93. The van der Waals surface area contributed by atoms with E-state index in [1.165, 1.54) is 18.3 Å². The molecule has 0 saturated carbocycles. The summed E-state index contributed by atoms with van der Waals surface area (Å²) < 4.78 is 46.4. The Kier molecular flexibility index (Phi) is 5.00. The molecule has 0 radical (unpaired) electrons. The van der Waals surface area contributed by atoms with Crippen molar-refractivity contribution in [3.63, 3.8) is 0 Å². The van der Waals surface area contributed by atoms with Gasteiger partial charge < -0.3 is 14.8 Å². The fourth-order valence-corrected chi connectivity index (χ4v) is 1.94. The van der Waals surface area contributed by atoms with Gasteiger partial charge in [-0.2, -0.15) is 13.2 Å². The minimum Gasteiger partial charge on any atom is -0.467 e. The van der Waals surface area contributed by atoms with Gasteiger partial charge in [-0.15, -0.1) is 0 Å². The van der Waals surface area contributed by atoms with Crippen molar-refractivity contribution in [3.05, 3.63) is 23.9 Å². The van der Waals surface area contributed by atoms with Crippen molar-refractivity contribution in [2.75, 3.05) is 19.8 Å². The van der Waals surface area contributed by atoms with Crippen molar-refractivity contribution in [1.29, 1.82) is 0 Å².